The lowest BCUT2D eigenvalue weighted by Crippen LogP contribution is -2.16. The Hall–Kier alpha value is -0.820. The Morgan fingerprint density at radius 2 is 2.00 bits per heavy atom. The lowest BCUT2D eigenvalue weighted by Gasteiger charge is -2.08. The number of fused-ring (bicyclic) bond motifs is 1. The predicted octanol–water partition coefficient (Wildman–Crippen LogP) is 3.31. The molecule has 1 N–H and O–H groups in total. The molecule has 0 spiro atoms. The number of hydrogen-bond acceptors (Lipinski definition) is 1. The molecule has 1 aromatic carbocycles. The SMILES string of the molecule is CC(C)CCNCc1ccc2c(c1)CCC2. The Morgan fingerprint density at radius 1 is 1.19 bits per heavy atom. The fourth-order valence-electron chi connectivity index (χ4n) is 2.36. The monoisotopic (exact) mass is 217 g/mol. The largest absolute Gasteiger partial charge is 0.313 e. The van der Waals surface area contributed by atoms with E-state index in [1.807, 2.05) is 0 Å². The van der Waals surface area contributed by atoms with Crippen LogP contribution in [0.15, 0.2) is 18.2 Å². The molecule has 1 aliphatic rings. The highest BCUT2D eigenvalue weighted by molar-refractivity contribution is 5.35. The molecular weight excluding hydrogens is 194 g/mol. The Balaban J connectivity index is 1.81. The van der Waals surface area contributed by atoms with Crippen LogP contribution in [0, 0.1) is 5.92 Å². The molecule has 1 aromatic rings. The van der Waals surface area contributed by atoms with Crippen molar-refractivity contribution in [1.29, 1.82) is 0 Å². The maximum absolute atomic E-state index is 3.52. The van der Waals surface area contributed by atoms with E-state index in [1.54, 1.807) is 11.1 Å². The summed E-state index contributed by atoms with van der Waals surface area (Å²) in [6.45, 7) is 6.71. The first-order chi connectivity index (χ1) is 7.75. The van der Waals surface area contributed by atoms with Crippen molar-refractivity contribution in [3.05, 3.63) is 34.9 Å². The van der Waals surface area contributed by atoms with E-state index < -0.39 is 0 Å². The number of benzene rings is 1. The molecule has 0 amide bonds. The first-order valence-corrected chi connectivity index (χ1v) is 6.57. The summed E-state index contributed by atoms with van der Waals surface area (Å²) in [4.78, 5) is 0. The minimum Gasteiger partial charge on any atom is -0.313 e. The zero-order valence-corrected chi connectivity index (χ0v) is 10.6. The molecule has 0 bridgehead atoms. The van der Waals surface area contributed by atoms with Gasteiger partial charge in [-0.25, -0.2) is 0 Å². The van der Waals surface area contributed by atoms with E-state index in [-0.39, 0.29) is 0 Å². The van der Waals surface area contributed by atoms with E-state index >= 15 is 0 Å². The van der Waals surface area contributed by atoms with Crippen molar-refractivity contribution in [2.24, 2.45) is 5.92 Å². The molecule has 16 heavy (non-hydrogen) atoms. The minimum atomic E-state index is 0.799. The Labute approximate surface area is 99.3 Å². The molecule has 0 aliphatic heterocycles. The van der Waals surface area contributed by atoms with E-state index in [9.17, 15) is 0 Å². The van der Waals surface area contributed by atoms with Gasteiger partial charge >= 0.3 is 0 Å². The lowest BCUT2D eigenvalue weighted by molar-refractivity contribution is 0.537. The third kappa shape index (κ3) is 3.08. The number of nitrogens with one attached hydrogen (secondary N) is 1. The molecule has 2 rings (SSSR count). The second-order valence-corrected chi connectivity index (χ2v) is 5.32. The maximum Gasteiger partial charge on any atom is 0.0205 e. The van der Waals surface area contributed by atoms with Gasteiger partial charge in [0.2, 0.25) is 0 Å². The molecular formula is C15H23N. The van der Waals surface area contributed by atoms with Gasteiger partial charge in [-0.1, -0.05) is 32.0 Å². The van der Waals surface area contributed by atoms with Gasteiger partial charge in [0.25, 0.3) is 0 Å². The van der Waals surface area contributed by atoms with Crippen molar-refractivity contribution < 1.29 is 0 Å². The van der Waals surface area contributed by atoms with Crippen molar-refractivity contribution in [2.75, 3.05) is 6.54 Å². The molecule has 0 radical (unpaired) electrons. The van der Waals surface area contributed by atoms with Gasteiger partial charge in [-0.15, -0.1) is 0 Å². The highest BCUT2D eigenvalue weighted by Gasteiger charge is 2.10. The summed E-state index contributed by atoms with van der Waals surface area (Å²) in [5.74, 6) is 0.799. The molecule has 0 heterocycles. The van der Waals surface area contributed by atoms with Gasteiger partial charge in [-0.05, 0) is 54.8 Å². The molecule has 0 saturated heterocycles. The highest BCUT2D eigenvalue weighted by atomic mass is 14.8. The zero-order chi connectivity index (χ0) is 11.4. The van der Waals surface area contributed by atoms with Crippen LogP contribution in [0.3, 0.4) is 0 Å². The van der Waals surface area contributed by atoms with E-state index in [2.05, 4.69) is 37.4 Å². The van der Waals surface area contributed by atoms with Crippen LogP contribution in [0.2, 0.25) is 0 Å². The highest BCUT2D eigenvalue weighted by Crippen LogP contribution is 2.22. The Morgan fingerprint density at radius 3 is 2.81 bits per heavy atom. The second-order valence-electron chi connectivity index (χ2n) is 5.32. The third-order valence-corrected chi connectivity index (χ3v) is 3.39. The van der Waals surface area contributed by atoms with Crippen LogP contribution in [0.25, 0.3) is 0 Å². The van der Waals surface area contributed by atoms with Crippen LogP contribution in [0.5, 0.6) is 0 Å². The lowest BCUT2D eigenvalue weighted by atomic mass is 10.1. The molecule has 0 unspecified atom stereocenters. The van der Waals surface area contributed by atoms with Gasteiger partial charge in [0, 0.05) is 6.54 Å². The van der Waals surface area contributed by atoms with Crippen molar-refractivity contribution >= 4 is 0 Å². The van der Waals surface area contributed by atoms with Crippen LogP contribution in [0.4, 0.5) is 0 Å². The Bertz CT molecular complexity index is 341. The van der Waals surface area contributed by atoms with Crippen LogP contribution in [0.1, 0.15) is 43.4 Å². The predicted molar refractivity (Wildman–Crippen MR) is 69.6 cm³/mol. The number of aryl methyl sites for hydroxylation is 2. The van der Waals surface area contributed by atoms with Crippen molar-refractivity contribution in [2.45, 2.75) is 46.1 Å². The van der Waals surface area contributed by atoms with Crippen LogP contribution >= 0.6 is 0 Å². The van der Waals surface area contributed by atoms with Gasteiger partial charge in [-0.2, -0.15) is 0 Å². The van der Waals surface area contributed by atoms with E-state index in [1.165, 1.54) is 31.2 Å². The summed E-state index contributed by atoms with van der Waals surface area (Å²) >= 11 is 0. The molecule has 0 aromatic heterocycles. The van der Waals surface area contributed by atoms with Gasteiger partial charge < -0.3 is 5.32 Å². The van der Waals surface area contributed by atoms with Crippen LogP contribution in [-0.2, 0) is 19.4 Å². The quantitative estimate of drug-likeness (QED) is 0.746. The van der Waals surface area contributed by atoms with Gasteiger partial charge in [0.15, 0.2) is 0 Å². The first kappa shape index (κ1) is 11.7. The van der Waals surface area contributed by atoms with Crippen molar-refractivity contribution in [3.63, 3.8) is 0 Å². The van der Waals surface area contributed by atoms with Gasteiger partial charge in [-0.3, -0.25) is 0 Å². The summed E-state index contributed by atoms with van der Waals surface area (Å²) < 4.78 is 0. The maximum atomic E-state index is 3.52. The topological polar surface area (TPSA) is 12.0 Å². The number of hydrogen-bond donors (Lipinski definition) is 1. The summed E-state index contributed by atoms with van der Waals surface area (Å²) in [7, 11) is 0. The van der Waals surface area contributed by atoms with E-state index in [4.69, 9.17) is 0 Å². The van der Waals surface area contributed by atoms with Crippen molar-refractivity contribution in [3.8, 4) is 0 Å². The van der Waals surface area contributed by atoms with Crippen molar-refractivity contribution in [1.82, 2.24) is 5.32 Å². The average molecular weight is 217 g/mol. The fourth-order valence-corrected chi connectivity index (χ4v) is 2.36. The van der Waals surface area contributed by atoms with Crippen LogP contribution in [-0.4, -0.2) is 6.54 Å². The van der Waals surface area contributed by atoms with Crippen LogP contribution < -0.4 is 5.32 Å². The molecule has 0 saturated carbocycles. The summed E-state index contributed by atoms with van der Waals surface area (Å²) in [5, 5.41) is 3.52. The van der Waals surface area contributed by atoms with E-state index in [0.717, 1.165) is 19.0 Å². The molecule has 0 fully saturated rings. The second kappa shape index (κ2) is 5.49. The molecule has 1 heteroatoms. The normalized spacial score (nSPS) is 14.4. The van der Waals surface area contributed by atoms with E-state index in [0.29, 0.717) is 0 Å². The summed E-state index contributed by atoms with van der Waals surface area (Å²) in [5.41, 5.74) is 4.61. The molecule has 1 nitrogen and oxygen atoms in total. The zero-order valence-electron chi connectivity index (χ0n) is 10.6. The molecule has 1 aliphatic carbocycles. The summed E-state index contributed by atoms with van der Waals surface area (Å²) in [6.07, 6.45) is 5.19. The smallest absolute Gasteiger partial charge is 0.0205 e. The fraction of sp³-hybridized carbons (Fsp3) is 0.600. The first-order valence-electron chi connectivity index (χ1n) is 6.57. The minimum absolute atomic E-state index is 0.799. The average Bonchev–Trinajstić information content (AvgIpc) is 2.71. The Kier molecular flexibility index (Phi) is 4.00. The standard InChI is InChI=1S/C15H23N/c1-12(2)8-9-16-11-13-6-7-14-4-3-5-15(14)10-13/h6-7,10,12,16H,3-5,8-9,11H2,1-2H3. The molecule has 88 valence electrons. The van der Waals surface area contributed by atoms with Gasteiger partial charge in [0.1, 0.15) is 0 Å². The third-order valence-electron chi connectivity index (χ3n) is 3.39. The van der Waals surface area contributed by atoms with Gasteiger partial charge in [0.05, 0.1) is 0 Å². The number of rotatable bonds is 5. The molecule has 0 atom stereocenters. The summed E-state index contributed by atoms with van der Waals surface area (Å²) in [6, 6.07) is 7.00.